The summed E-state index contributed by atoms with van der Waals surface area (Å²) in [4.78, 5) is 22.4. The van der Waals surface area contributed by atoms with Crippen molar-refractivity contribution in [2.24, 2.45) is 0 Å². The minimum Gasteiger partial charge on any atom is -0.508 e. The number of carboxylic acids is 2. The molecule has 0 bridgehead atoms. The van der Waals surface area contributed by atoms with E-state index in [1.54, 1.807) is 30.3 Å². The molecular weight excluding hydrogens is 312 g/mol. The molecule has 24 heavy (non-hydrogen) atoms. The topological polar surface area (TPSA) is 104 Å². The van der Waals surface area contributed by atoms with E-state index in [9.17, 15) is 19.8 Å². The van der Waals surface area contributed by atoms with Gasteiger partial charge in [0.2, 0.25) is 0 Å². The average molecular weight is 326 g/mol. The summed E-state index contributed by atoms with van der Waals surface area (Å²) in [5.74, 6) is -2.49. The second-order valence-corrected chi connectivity index (χ2v) is 5.41. The Hall–Kier alpha value is -3.28. The van der Waals surface area contributed by atoms with Gasteiger partial charge in [-0.25, -0.2) is 4.79 Å². The summed E-state index contributed by atoms with van der Waals surface area (Å²) < 4.78 is 5.78. The van der Waals surface area contributed by atoms with Crippen LogP contribution in [0.1, 0.15) is 28.7 Å². The quantitative estimate of drug-likeness (QED) is 0.746. The number of fused-ring (bicyclic) bond motifs is 1. The van der Waals surface area contributed by atoms with Gasteiger partial charge < -0.3 is 20.1 Å². The van der Waals surface area contributed by atoms with Gasteiger partial charge in [-0.15, -0.1) is 0 Å². The van der Waals surface area contributed by atoms with E-state index in [1.807, 2.05) is 0 Å². The Morgan fingerprint density at radius 3 is 2.38 bits per heavy atom. The second-order valence-electron chi connectivity index (χ2n) is 5.41. The third-order valence-electron chi connectivity index (χ3n) is 3.83. The highest BCUT2D eigenvalue weighted by molar-refractivity contribution is 5.86. The molecule has 3 N–H and O–H groups in total. The maximum Gasteiger partial charge on any atom is 0.328 e. The molecule has 0 unspecified atom stereocenters. The third-order valence-corrected chi connectivity index (χ3v) is 3.83. The van der Waals surface area contributed by atoms with Gasteiger partial charge in [-0.05, 0) is 41.5 Å². The van der Waals surface area contributed by atoms with Gasteiger partial charge in [-0.2, -0.15) is 0 Å². The smallest absolute Gasteiger partial charge is 0.328 e. The standard InChI is InChI=1S/C18H14O6/c19-12-5-3-11(4-6-12)17-16(18(22)23)13-9-10(2-8-15(20)21)1-7-14(13)24-17/h1-9,16-17,19H,(H,20,21)(H,22,23)/b8-2+/t16-,17+/m0/s1. The lowest BCUT2D eigenvalue weighted by molar-refractivity contribution is -0.140. The predicted molar refractivity (Wildman–Crippen MR) is 85.0 cm³/mol. The molecule has 6 nitrogen and oxygen atoms in total. The molecule has 0 saturated carbocycles. The second kappa shape index (κ2) is 6.08. The molecule has 3 rings (SSSR count). The first-order chi connectivity index (χ1) is 11.5. The van der Waals surface area contributed by atoms with E-state index in [0.29, 0.717) is 22.4 Å². The molecule has 2 aromatic rings. The average Bonchev–Trinajstić information content (AvgIpc) is 2.92. The number of phenols is 1. The van der Waals surface area contributed by atoms with E-state index in [4.69, 9.17) is 9.84 Å². The van der Waals surface area contributed by atoms with E-state index < -0.39 is 24.0 Å². The Balaban J connectivity index is 1.99. The summed E-state index contributed by atoms with van der Waals surface area (Å²) in [5, 5.41) is 27.7. The number of ether oxygens (including phenoxy) is 1. The zero-order chi connectivity index (χ0) is 17.3. The fourth-order valence-corrected chi connectivity index (χ4v) is 2.74. The van der Waals surface area contributed by atoms with Gasteiger partial charge in [0.15, 0.2) is 0 Å². The third kappa shape index (κ3) is 2.94. The van der Waals surface area contributed by atoms with Crippen LogP contribution in [0.15, 0.2) is 48.5 Å². The van der Waals surface area contributed by atoms with Crippen molar-refractivity contribution >= 4 is 18.0 Å². The number of carbonyl (C=O) groups is 2. The highest BCUT2D eigenvalue weighted by Crippen LogP contribution is 2.46. The number of carboxylic acid groups (broad SMARTS) is 2. The fourth-order valence-electron chi connectivity index (χ4n) is 2.74. The Morgan fingerprint density at radius 2 is 1.75 bits per heavy atom. The summed E-state index contributed by atoms with van der Waals surface area (Å²) in [5.41, 5.74) is 1.71. The lowest BCUT2D eigenvalue weighted by atomic mass is 9.90. The van der Waals surface area contributed by atoms with Crippen LogP contribution in [0.5, 0.6) is 11.5 Å². The van der Waals surface area contributed by atoms with Crippen LogP contribution in [0, 0.1) is 0 Å². The Labute approximate surface area is 137 Å². The number of aliphatic carboxylic acids is 2. The van der Waals surface area contributed by atoms with Crippen LogP contribution >= 0.6 is 0 Å². The molecule has 0 amide bonds. The maximum atomic E-state index is 11.8. The molecule has 0 fully saturated rings. The van der Waals surface area contributed by atoms with Gasteiger partial charge in [0.05, 0.1) is 0 Å². The molecule has 0 aliphatic carbocycles. The minimum atomic E-state index is -1.08. The van der Waals surface area contributed by atoms with Gasteiger partial charge in [0.1, 0.15) is 23.5 Å². The van der Waals surface area contributed by atoms with E-state index in [0.717, 1.165) is 6.08 Å². The summed E-state index contributed by atoms with van der Waals surface area (Å²) in [6, 6.07) is 11.1. The minimum absolute atomic E-state index is 0.0854. The van der Waals surface area contributed by atoms with Crippen molar-refractivity contribution in [2.45, 2.75) is 12.0 Å². The van der Waals surface area contributed by atoms with Crippen LogP contribution in [0.2, 0.25) is 0 Å². The lowest BCUT2D eigenvalue weighted by Crippen LogP contribution is -2.18. The molecule has 122 valence electrons. The Kier molecular flexibility index (Phi) is 3.95. The molecule has 2 aromatic carbocycles. The van der Waals surface area contributed by atoms with Crippen LogP contribution in [-0.2, 0) is 9.59 Å². The zero-order valence-electron chi connectivity index (χ0n) is 12.4. The van der Waals surface area contributed by atoms with Crippen molar-refractivity contribution in [3.8, 4) is 11.5 Å². The first-order valence-corrected chi connectivity index (χ1v) is 7.19. The van der Waals surface area contributed by atoms with Crippen molar-refractivity contribution in [1.29, 1.82) is 0 Å². The molecule has 1 aliphatic rings. The SMILES string of the molecule is O=C(O)/C=C/c1ccc2c(c1)[C@H](C(=O)O)[C@@H](c1ccc(O)cc1)O2. The van der Waals surface area contributed by atoms with Crippen LogP contribution in [0.25, 0.3) is 6.08 Å². The Bertz CT molecular complexity index is 822. The monoisotopic (exact) mass is 326 g/mol. The summed E-state index contributed by atoms with van der Waals surface area (Å²) in [7, 11) is 0. The van der Waals surface area contributed by atoms with Crippen molar-refractivity contribution in [2.75, 3.05) is 0 Å². The molecule has 0 spiro atoms. The highest BCUT2D eigenvalue weighted by Gasteiger charge is 2.40. The van der Waals surface area contributed by atoms with E-state index >= 15 is 0 Å². The van der Waals surface area contributed by atoms with Crippen molar-refractivity contribution in [1.82, 2.24) is 0 Å². The number of benzene rings is 2. The van der Waals surface area contributed by atoms with Crippen molar-refractivity contribution in [3.05, 3.63) is 65.2 Å². The molecule has 1 aliphatic heterocycles. The Morgan fingerprint density at radius 1 is 1.04 bits per heavy atom. The molecular formula is C18H14O6. The molecule has 0 aromatic heterocycles. The van der Waals surface area contributed by atoms with Gasteiger partial charge in [0.25, 0.3) is 0 Å². The highest BCUT2D eigenvalue weighted by atomic mass is 16.5. The van der Waals surface area contributed by atoms with Crippen LogP contribution in [-0.4, -0.2) is 27.3 Å². The van der Waals surface area contributed by atoms with Crippen molar-refractivity contribution in [3.63, 3.8) is 0 Å². The largest absolute Gasteiger partial charge is 0.508 e. The molecule has 0 radical (unpaired) electrons. The summed E-state index contributed by atoms with van der Waals surface area (Å²) in [6.45, 7) is 0. The van der Waals surface area contributed by atoms with E-state index in [-0.39, 0.29) is 5.75 Å². The maximum absolute atomic E-state index is 11.8. The van der Waals surface area contributed by atoms with Crippen LogP contribution in [0.3, 0.4) is 0 Å². The number of hydrogen-bond donors (Lipinski definition) is 3. The zero-order valence-corrected chi connectivity index (χ0v) is 12.4. The van der Waals surface area contributed by atoms with Gasteiger partial charge in [-0.3, -0.25) is 4.79 Å². The van der Waals surface area contributed by atoms with Crippen LogP contribution in [0.4, 0.5) is 0 Å². The number of rotatable bonds is 4. The number of hydrogen-bond acceptors (Lipinski definition) is 4. The van der Waals surface area contributed by atoms with Gasteiger partial charge in [-0.1, -0.05) is 18.2 Å². The van der Waals surface area contributed by atoms with Crippen LogP contribution < -0.4 is 4.74 Å². The van der Waals surface area contributed by atoms with Gasteiger partial charge >= 0.3 is 11.9 Å². The molecule has 1 heterocycles. The molecule has 0 saturated heterocycles. The fraction of sp³-hybridized carbons (Fsp3) is 0.111. The van der Waals surface area contributed by atoms with E-state index in [2.05, 4.69) is 0 Å². The summed E-state index contributed by atoms with van der Waals surface area (Å²) >= 11 is 0. The summed E-state index contributed by atoms with van der Waals surface area (Å²) in [6.07, 6.45) is 1.68. The van der Waals surface area contributed by atoms with Crippen molar-refractivity contribution < 1.29 is 29.6 Å². The lowest BCUT2D eigenvalue weighted by Gasteiger charge is -2.16. The molecule has 2 atom stereocenters. The number of aromatic hydroxyl groups is 1. The predicted octanol–water partition coefficient (Wildman–Crippen LogP) is 2.79. The first kappa shape index (κ1) is 15.6. The first-order valence-electron chi connectivity index (χ1n) is 7.19. The van der Waals surface area contributed by atoms with Gasteiger partial charge in [0, 0.05) is 11.6 Å². The molecule has 6 heteroatoms. The van der Waals surface area contributed by atoms with E-state index in [1.165, 1.54) is 18.2 Å². The number of phenolic OH excluding ortho intramolecular Hbond substituents is 1. The normalized spacial score (nSPS) is 19.0.